The van der Waals surface area contributed by atoms with Crippen LogP contribution in [-0.4, -0.2) is 17.4 Å². The number of carbonyl (C=O) groups excluding carboxylic acids is 1. The topological polar surface area (TPSA) is 68.5 Å². The van der Waals surface area contributed by atoms with E-state index in [2.05, 4.69) is 9.72 Å². The average Bonchev–Trinajstić information content (AvgIpc) is 2.60. The molecule has 1 heterocycles. The normalized spacial score (nSPS) is 11.4. The third kappa shape index (κ3) is 4.28. The third-order valence-corrected chi connectivity index (χ3v) is 4.04. The summed E-state index contributed by atoms with van der Waals surface area (Å²) in [5.41, 5.74) is 7.57. The minimum atomic E-state index is -4.75. The van der Waals surface area contributed by atoms with Crippen molar-refractivity contribution in [1.29, 1.82) is 0 Å². The van der Waals surface area contributed by atoms with Gasteiger partial charge in [0.15, 0.2) is 0 Å². The predicted molar refractivity (Wildman–Crippen MR) is 95.4 cm³/mol. The molecule has 0 bridgehead atoms. The van der Waals surface area contributed by atoms with Gasteiger partial charge in [0, 0.05) is 22.7 Å². The fourth-order valence-corrected chi connectivity index (χ4v) is 2.83. The molecule has 0 saturated heterocycles. The van der Waals surface area contributed by atoms with Gasteiger partial charge >= 0.3 is 12.4 Å². The molecule has 0 aliphatic carbocycles. The lowest BCUT2D eigenvalue weighted by Crippen LogP contribution is -2.35. The number of nitrogens with zero attached hydrogens (tertiary/aromatic N) is 2. The summed E-state index contributed by atoms with van der Waals surface area (Å²) < 4.78 is 40.6. The Morgan fingerprint density at radius 2 is 1.81 bits per heavy atom. The van der Waals surface area contributed by atoms with Gasteiger partial charge in [-0.25, -0.2) is 4.79 Å². The first kappa shape index (κ1) is 18.5. The molecule has 2 amide bonds. The Balaban J connectivity index is 1.92. The molecule has 0 aliphatic rings. The van der Waals surface area contributed by atoms with Crippen molar-refractivity contribution in [1.82, 2.24) is 4.98 Å². The third-order valence-electron chi connectivity index (χ3n) is 4.04. The fraction of sp³-hybridized carbons (Fsp3) is 0.158. The van der Waals surface area contributed by atoms with Gasteiger partial charge in [-0.1, -0.05) is 24.3 Å². The van der Waals surface area contributed by atoms with Crippen molar-refractivity contribution in [2.24, 2.45) is 5.73 Å². The summed E-state index contributed by atoms with van der Waals surface area (Å²) >= 11 is 0. The summed E-state index contributed by atoms with van der Waals surface area (Å²) in [5.74, 6) is -0.330. The molecule has 0 atom stereocenters. The van der Waals surface area contributed by atoms with E-state index in [0.29, 0.717) is 11.3 Å². The molecular formula is C19H16F3N3O2. The minimum absolute atomic E-state index is 0.0993. The van der Waals surface area contributed by atoms with Crippen LogP contribution in [0.15, 0.2) is 54.7 Å². The first-order valence-corrected chi connectivity index (χ1v) is 8.00. The van der Waals surface area contributed by atoms with E-state index in [4.69, 9.17) is 5.73 Å². The molecule has 5 nitrogen and oxygen atoms in total. The van der Waals surface area contributed by atoms with E-state index in [1.165, 1.54) is 29.2 Å². The maximum atomic E-state index is 12.3. The number of aromatic nitrogens is 1. The molecule has 3 rings (SSSR count). The van der Waals surface area contributed by atoms with Gasteiger partial charge in [0.1, 0.15) is 5.75 Å². The number of primary amides is 1. The number of benzene rings is 2. The van der Waals surface area contributed by atoms with Crippen LogP contribution in [0.3, 0.4) is 0 Å². The van der Waals surface area contributed by atoms with Crippen LogP contribution in [0.5, 0.6) is 5.75 Å². The summed E-state index contributed by atoms with van der Waals surface area (Å²) in [6.45, 7) is 1.96. The van der Waals surface area contributed by atoms with E-state index in [1.807, 2.05) is 13.0 Å². The Morgan fingerprint density at radius 1 is 1.11 bits per heavy atom. The lowest BCUT2D eigenvalue weighted by atomic mass is 10.1. The first-order chi connectivity index (χ1) is 12.7. The smallest absolute Gasteiger partial charge is 0.406 e. The van der Waals surface area contributed by atoms with Gasteiger partial charge in [0.05, 0.1) is 12.2 Å². The second-order valence-corrected chi connectivity index (χ2v) is 5.88. The molecule has 0 fully saturated rings. The van der Waals surface area contributed by atoms with Crippen LogP contribution in [0.4, 0.5) is 23.7 Å². The molecule has 2 N–H and O–H groups in total. The summed E-state index contributed by atoms with van der Waals surface area (Å²) in [4.78, 5) is 17.6. The number of nitrogens with two attached hydrogens (primary N) is 1. The maximum absolute atomic E-state index is 12.3. The zero-order valence-corrected chi connectivity index (χ0v) is 14.3. The van der Waals surface area contributed by atoms with Gasteiger partial charge < -0.3 is 10.5 Å². The second-order valence-electron chi connectivity index (χ2n) is 5.88. The summed E-state index contributed by atoms with van der Waals surface area (Å²) in [7, 11) is 0. The number of rotatable bonds is 4. The predicted octanol–water partition coefficient (Wildman–Crippen LogP) is 4.53. The highest BCUT2D eigenvalue weighted by Crippen LogP contribution is 2.29. The zero-order valence-electron chi connectivity index (χ0n) is 14.3. The van der Waals surface area contributed by atoms with E-state index < -0.39 is 12.4 Å². The van der Waals surface area contributed by atoms with Gasteiger partial charge in [0.2, 0.25) is 0 Å². The molecule has 1 aromatic heterocycles. The van der Waals surface area contributed by atoms with E-state index in [1.54, 1.807) is 24.4 Å². The summed E-state index contributed by atoms with van der Waals surface area (Å²) in [6.07, 6.45) is -3.11. The number of hydrogen-bond donors (Lipinski definition) is 1. The standard InChI is InChI=1S/C19H16F3N3O2/c1-12-15-3-2-4-17(16(15)9-10-24-12)25(18(23)26)11-13-5-7-14(8-6-13)27-19(20,21)22/h2-10H,11H2,1H3,(H2,23,26). The van der Waals surface area contributed by atoms with Crippen molar-refractivity contribution in [2.45, 2.75) is 19.8 Å². The van der Waals surface area contributed by atoms with Crippen LogP contribution in [0, 0.1) is 6.92 Å². The number of fused-ring (bicyclic) bond motifs is 1. The zero-order chi connectivity index (χ0) is 19.6. The molecule has 0 radical (unpaired) electrons. The van der Waals surface area contributed by atoms with Crippen LogP contribution >= 0.6 is 0 Å². The van der Waals surface area contributed by atoms with E-state index in [-0.39, 0.29) is 12.3 Å². The van der Waals surface area contributed by atoms with Crippen molar-refractivity contribution in [3.63, 3.8) is 0 Å². The molecule has 8 heteroatoms. The van der Waals surface area contributed by atoms with Crippen LogP contribution < -0.4 is 15.4 Å². The Kier molecular flexibility index (Phi) is 4.89. The van der Waals surface area contributed by atoms with Gasteiger partial charge in [0.25, 0.3) is 0 Å². The van der Waals surface area contributed by atoms with Crippen LogP contribution in [0.1, 0.15) is 11.3 Å². The van der Waals surface area contributed by atoms with Gasteiger partial charge in [-0.3, -0.25) is 9.88 Å². The van der Waals surface area contributed by atoms with Gasteiger partial charge in [-0.2, -0.15) is 0 Å². The van der Waals surface area contributed by atoms with Crippen molar-refractivity contribution in [3.8, 4) is 5.75 Å². The lowest BCUT2D eigenvalue weighted by molar-refractivity contribution is -0.274. The monoisotopic (exact) mass is 375 g/mol. The molecule has 0 saturated carbocycles. The van der Waals surface area contributed by atoms with E-state index in [9.17, 15) is 18.0 Å². The van der Waals surface area contributed by atoms with E-state index >= 15 is 0 Å². The number of hydrogen-bond acceptors (Lipinski definition) is 3. The van der Waals surface area contributed by atoms with Gasteiger partial charge in [-0.15, -0.1) is 13.2 Å². The number of carbonyl (C=O) groups is 1. The van der Waals surface area contributed by atoms with Crippen LogP contribution in [0.2, 0.25) is 0 Å². The molecule has 0 aliphatic heterocycles. The van der Waals surface area contributed by atoms with Crippen molar-refractivity contribution in [3.05, 3.63) is 66.0 Å². The SMILES string of the molecule is Cc1nccc2c(N(Cc3ccc(OC(F)(F)F)cc3)C(N)=O)cccc12. The Bertz CT molecular complexity index is 972. The number of alkyl halides is 3. The number of amides is 2. The molecule has 2 aromatic carbocycles. The summed E-state index contributed by atoms with van der Waals surface area (Å²) in [5, 5.41) is 1.69. The number of urea groups is 1. The van der Waals surface area contributed by atoms with Crippen molar-refractivity contribution in [2.75, 3.05) is 4.90 Å². The highest BCUT2D eigenvalue weighted by Gasteiger charge is 2.31. The molecule has 0 unspecified atom stereocenters. The highest BCUT2D eigenvalue weighted by atomic mass is 19.4. The van der Waals surface area contributed by atoms with Crippen molar-refractivity contribution < 1.29 is 22.7 Å². The van der Waals surface area contributed by atoms with Crippen LogP contribution in [0.25, 0.3) is 10.8 Å². The Labute approximate surface area is 153 Å². The maximum Gasteiger partial charge on any atom is 0.573 e. The summed E-state index contributed by atoms with van der Waals surface area (Å²) in [6, 6.07) is 11.9. The largest absolute Gasteiger partial charge is 0.573 e. The Morgan fingerprint density at radius 3 is 2.44 bits per heavy atom. The van der Waals surface area contributed by atoms with Crippen LogP contribution in [-0.2, 0) is 6.54 Å². The molecule has 140 valence electrons. The number of aryl methyl sites for hydroxylation is 1. The van der Waals surface area contributed by atoms with Gasteiger partial charge in [-0.05, 0) is 36.8 Å². The van der Waals surface area contributed by atoms with E-state index in [0.717, 1.165) is 16.5 Å². The Hall–Kier alpha value is -3.29. The molecule has 0 spiro atoms. The minimum Gasteiger partial charge on any atom is -0.406 e. The number of halogens is 3. The molecule has 3 aromatic rings. The second kappa shape index (κ2) is 7.14. The molecular weight excluding hydrogens is 359 g/mol. The fourth-order valence-electron chi connectivity index (χ4n) is 2.83. The first-order valence-electron chi connectivity index (χ1n) is 8.00. The lowest BCUT2D eigenvalue weighted by Gasteiger charge is -2.23. The average molecular weight is 375 g/mol. The quantitative estimate of drug-likeness (QED) is 0.729. The highest BCUT2D eigenvalue weighted by molar-refractivity contribution is 6.03. The molecule has 27 heavy (non-hydrogen) atoms. The number of ether oxygens (including phenoxy) is 1. The number of anilines is 1. The number of pyridine rings is 1. The van der Waals surface area contributed by atoms with Crippen molar-refractivity contribution >= 4 is 22.5 Å².